The lowest BCUT2D eigenvalue weighted by molar-refractivity contribution is -0.136. The molecule has 0 bridgehead atoms. The summed E-state index contributed by atoms with van der Waals surface area (Å²) in [5.41, 5.74) is 2.80. The van der Waals surface area contributed by atoms with Gasteiger partial charge in [-0.1, -0.05) is 47.9 Å². The maximum Gasteiger partial charge on any atom is 0.307 e. The first kappa shape index (κ1) is 13.2. The third kappa shape index (κ3) is 3.88. The van der Waals surface area contributed by atoms with Crippen LogP contribution in [0, 0.1) is 0 Å². The van der Waals surface area contributed by atoms with Gasteiger partial charge in [0.1, 0.15) is 20.2 Å². The molecular weight excluding hydrogens is 239 g/mol. The minimum atomic E-state index is -0.852. The molecule has 2 aromatic carbocycles. The molecule has 2 aromatic rings. The van der Waals surface area contributed by atoms with E-state index in [0.717, 1.165) is 11.0 Å². The van der Waals surface area contributed by atoms with Gasteiger partial charge in [0.15, 0.2) is 0 Å². The summed E-state index contributed by atoms with van der Waals surface area (Å²) in [6, 6.07) is 15.4. The number of carboxylic acids is 1. The van der Waals surface area contributed by atoms with Crippen molar-refractivity contribution in [2.75, 3.05) is 0 Å². The number of carboxylic acid groups (broad SMARTS) is 1. The smallest absolute Gasteiger partial charge is 0.307 e. The number of benzene rings is 2. The van der Waals surface area contributed by atoms with E-state index in [4.69, 9.17) is 9.84 Å². The number of rotatable bonds is 5. The summed E-state index contributed by atoms with van der Waals surface area (Å²) >= 11 is 0. The van der Waals surface area contributed by atoms with Gasteiger partial charge in [0.25, 0.3) is 0 Å². The highest BCUT2D eigenvalue weighted by Gasteiger charge is 2.08. The monoisotopic (exact) mass is 254 g/mol. The van der Waals surface area contributed by atoms with Crippen LogP contribution in [0.2, 0.25) is 0 Å². The van der Waals surface area contributed by atoms with Crippen LogP contribution in [-0.2, 0) is 17.8 Å². The van der Waals surface area contributed by atoms with Crippen molar-refractivity contribution in [1.29, 1.82) is 0 Å². The summed E-state index contributed by atoms with van der Waals surface area (Å²) in [6.45, 7) is 0.441. The number of hydrogen-bond donors (Lipinski definition) is 1. The van der Waals surface area contributed by atoms with Gasteiger partial charge >= 0.3 is 5.97 Å². The fourth-order valence-corrected chi connectivity index (χ4v) is 1.89. The van der Waals surface area contributed by atoms with Gasteiger partial charge < -0.3 is 9.84 Å². The Morgan fingerprint density at radius 1 is 1.16 bits per heavy atom. The summed E-state index contributed by atoms with van der Waals surface area (Å²) in [5.74, 6) is -0.216. The molecule has 0 atom stereocenters. The fourth-order valence-electron chi connectivity index (χ4n) is 1.89. The Morgan fingerprint density at radius 3 is 2.58 bits per heavy atom. The molecule has 19 heavy (non-hydrogen) atoms. The molecule has 0 radical (unpaired) electrons. The molecule has 4 heteroatoms. The number of aliphatic carboxylic acids is 1. The van der Waals surface area contributed by atoms with E-state index >= 15 is 0 Å². The molecule has 0 fully saturated rings. The van der Waals surface area contributed by atoms with E-state index in [0.29, 0.717) is 17.9 Å². The average molecular weight is 254 g/mol. The predicted molar refractivity (Wildman–Crippen MR) is 76.7 cm³/mol. The van der Waals surface area contributed by atoms with Gasteiger partial charge in [0, 0.05) is 5.56 Å². The second-order valence-corrected chi connectivity index (χ2v) is 4.46. The van der Waals surface area contributed by atoms with Crippen LogP contribution >= 0.6 is 0 Å². The Labute approximate surface area is 113 Å². The van der Waals surface area contributed by atoms with Gasteiger partial charge in [-0.15, -0.1) is 0 Å². The zero-order valence-corrected chi connectivity index (χ0v) is 10.8. The second kappa shape index (κ2) is 6.09. The number of hydrogen-bond acceptors (Lipinski definition) is 2. The standard InChI is InChI=1S/C15H15BO3/c16-13-6-7-14(12(8-13)9-15(17)18)19-10-11-4-2-1-3-5-11/h1-8H,9-10,16H2,(H,17,18). The largest absolute Gasteiger partial charge is 0.489 e. The van der Waals surface area contributed by atoms with Gasteiger partial charge in [-0.2, -0.15) is 0 Å². The van der Waals surface area contributed by atoms with Crippen molar-refractivity contribution >= 4 is 19.3 Å². The normalized spacial score (nSPS) is 10.1. The lowest BCUT2D eigenvalue weighted by Crippen LogP contribution is -2.09. The van der Waals surface area contributed by atoms with Crippen LogP contribution in [0.5, 0.6) is 5.75 Å². The molecule has 0 aliphatic carbocycles. The highest BCUT2D eigenvalue weighted by molar-refractivity contribution is 6.32. The van der Waals surface area contributed by atoms with Crippen LogP contribution in [0.1, 0.15) is 11.1 Å². The van der Waals surface area contributed by atoms with E-state index in [-0.39, 0.29) is 6.42 Å². The molecule has 3 nitrogen and oxygen atoms in total. The molecule has 2 rings (SSSR count). The van der Waals surface area contributed by atoms with E-state index in [1.54, 1.807) is 0 Å². The Morgan fingerprint density at radius 2 is 1.89 bits per heavy atom. The quantitative estimate of drug-likeness (QED) is 0.814. The highest BCUT2D eigenvalue weighted by Crippen LogP contribution is 2.19. The van der Waals surface area contributed by atoms with E-state index in [1.165, 1.54) is 0 Å². The van der Waals surface area contributed by atoms with Crippen LogP contribution in [0.25, 0.3) is 0 Å². The van der Waals surface area contributed by atoms with E-state index in [9.17, 15) is 4.79 Å². The molecular formula is C15H15BO3. The van der Waals surface area contributed by atoms with E-state index < -0.39 is 5.97 Å². The molecule has 0 aliphatic rings. The molecule has 0 unspecified atom stereocenters. The Balaban J connectivity index is 2.13. The van der Waals surface area contributed by atoms with Crippen molar-refractivity contribution in [2.45, 2.75) is 13.0 Å². The van der Waals surface area contributed by atoms with Gasteiger partial charge in [0.2, 0.25) is 0 Å². The lowest BCUT2D eigenvalue weighted by Gasteiger charge is -2.11. The molecule has 0 saturated heterocycles. The summed E-state index contributed by atoms with van der Waals surface area (Å²) in [4.78, 5) is 10.9. The molecule has 1 N–H and O–H groups in total. The van der Waals surface area contributed by atoms with Crippen molar-refractivity contribution in [3.05, 3.63) is 59.7 Å². The number of carbonyl (C=O) groups is 1. The lowest BCUT2D eigenvalue weighted by atomic mass is 9.93. The molecule has 0 aliphatic heterocycles. The van der Waals surface area contributed by atoms with Crippen molar-refractivity contribution in [3.8, 4) is 5.75 Å². The third-order valence-corrected chi connectivity index (χ3v) is 2.79. The average Bonchev–Trinajstić information content (AvgIpc) is 2.38. The zero-order valence-electron chi connectivity index (χ0n) is 10.8. The SMILES string of the molecule is Bc1ccc(OCc2ccccc2)c(CC(=O)O)c1. The maximum absolute atomic E-state index is 10.9. The second-order valence-electron chi connectivity index (χ2n) is 4.46. The minimum absolute atomic E-state index is 0.0220. The van der Waals surface area contributed by atoms with Gasteiger partial charge in [-0.05, 0) is 11.6 Å². The summed E-state index contributed by atoms with van der Waals surface area (Å²) < 4.78 is 5.72. The predicted octanol–water partition coefficient (Wildman–Crippen LogP) is 1.15. The zero-order chi connectivity index (χ0) is 13.7. The van der Waals surface area contributed by atoms with Gasteiger partial charge in [-0.25, -0.2) is 0 Å². The molecule has 96 valence electrons. The van der Waals surface area contributed by atoms with Crippen LogP contribution in [0.15, 0.2) is 48.5 Å². The first-order chi connectivity index (χ1) is 9.15. The summed E-state index contributed by atoms with van der Waals surface area (Å²) in [6.07, 6.45) is -0.0220. The highest BCUT2D eigenvalue weighted by atomic mass is 16.5. The topological polar surface area (TPSA) is 46.5 Å². The molecule has 0 amide bonds. The van der Waals surface area contributed by atoms with E-state index in [1.807, 2.05) is 56.4 Å². The first-order valence-electron chi connectivity index (χ1n) is 6.13. The van der Waals surface area contributed by atoms with E-state index in [2.05, 4.69) is 0 Å². The van der Waals surface area contributed by atoms with Crippen molar-refractivity contribution < 1.29 is 14.6 Å². The van der Waals surface area contributed by atoms with Gasteiger partial charge in [-0.3, -0.25) is 4.79 Å². The fraction of sp³-hybridized carbons (Fsp3) is 0.133. The van der Waals surface area contributed by atoms with Crippen LogP contribution in [0.3, 0.4) is 0 Å². The van der Waals surface area contributed by atoms with Crippen molar-refractivity contribution in [1.82, 2.24) is 0 Å². The van der Waals surface area contributed by atoms with Crippen molar-refractivity contribution in [3.63, 3.8) is 0 Å². The Kier molecular flexibility index (Phi) is 4.24. The number of ether oxygens (including phenoxy) is 1. The van der Waals surface area contributed by atoms with Crippen molar-refractivity contribution in [2.24, 2.45) is 0 Å². The first-order valence-corrected chi connectivity index (χ1v) is 6.13. The molecule has 0 spiro atoms. The van der Waals surface area contributed by atoms with Gasteiger partial charge in [0.05, 0.1) is 6.42 Å². The van der Waals surface area contributed by atoms with Crippen LogP contribution in [0.4, 0.5) is 0 Å². The Bertz CT molecular complexity index is 567. The molecule has 0 saturated carbocycles. The maximum atomic E-state index is 10.9. The molecule has 0 aromatic heterocycles. The van der Waals surface area contributed by atoms with Crippen LogP contribution < -0.4 is 10.2 Å². The molecule has 0 heterocycles. The summed E-state index contributed by atoms with van der Waals surface area (Å²) in [7, 11) is 1.94. The Hall–Kier alpha value is -2.23. The van der Waals surface area contributed by atoms with Crippen LogP contribution in [-0.4, -0.2) is 18.9 Å². The minimum Gasteiger partial charge on any atom is -0.489 e. The summed E-state index contributed by atoms with van der Waals surface area (Å²) in [5, 5.41) is 8.91. The third-order valence-electron chi connectivity index (χ3n) is 2.79.